The molecule has 98 valence electrons. The molecule has 0 saturated heterocycles. The quantitative estimate of drug-likeness (QED) is 0.730. The minimum Gasteiger partial charge on any atom is -0.466 e. The summed E-state index contributed by atoms with van der Waals surface area (Å²) in [5.74, 6) is -0.628. The monoisotopic (exact) mass is 250 g/mol. The standard InChI is InChI=1S/C13H18N2O3/c1-2-18-11(16)8-9-15-13(17)12(14)10-6-4-3-5-7-10/h3-7,12H,2,8-9,14H2,1H3,(H,15,17)/t12-/m0/s1. The molecule has 0 unspecified atom stereocenters. The molecule has 0 aliphatic carbocycles. The average Bonchev–Trinajstić information content (AvgIpc) is 2.39. The minimum absolute atomic E-state index is 0.154. The molecular weight excluding hydrogens is 232 g/mol. The Morgan fingerprint density at radius 2 is 2.00 bits per heavy atom. The van der Waals surface area contributed by atoms with Crippen molar-refractivity contribution in [3.05, 3.63) is 35.9 Å². The number of benzene rings is 1. The summed E-state index contributed by atoms with van der Waals surface area (Å²) in [7, 11) is 0. The van der Waals surface area contributed by atoms with Gasteiger partial charge in [0, 0.05) is 6.54 Å². The molecule has 5 nitrogen and oxygen atoms in total. The Bertz CT molecular complexity index is 392. The first-order valence-electron chi connectivity index (χ1n) is 5.89. The Labute approximate surface area is 106 Å². The summed E-state index contributed by atoms with van der Waals surface area (Å²) in [5.41, 5.74) is 6.53. The van der Waals surface area contributed by atoms with E-state index in [4.69, 9.17) is 10.5 Å². The van der Waals surface area contributed by atoms with Crippen molar-refractivity contribution in [1.29, 1.82) is 0 Å². The number of rotatable bonds is 6. The Hall–Kier alpha value is -1.88. The lowest BCUT2D eigenvalue weighted by Crippen LogP contribution is -2.35. The topological polar surface area (TPSA) is 81.4 Å². The van der Waals surface area contributed by atoms with Crippen LogP contribution in [-0.2, 0) is 14.3 Å². The number of carbonyl (C=O) groups excluding carboxylic acids is 2. The van der Waals surface area contributed by atoms with Crippen molar-refractivity contribution in [2.45, 2.75) is 19.4 Å². The molecule has 1 aromatic carbocycles. The van der Waals surface area contributed by atoms with E-state index >= 15 is 0 Å². The molecule has 0 saturated carbocycles. The zero-order valence-electron chi connectivity index (χ0n) is 10.4. The second-order valence-electron chi connectivity index (χ2n) is 3.73. The smallest absolute Gasteiger partial charge is 0.307 e. The molecule has 0 radical (unpaired) electrons. The maximum Gasteiger partial charge on any atom is 0.307 e. The van der Waals surface area contributed by atoms with E-state index in [9.17, 15) is 9.59 Å². The van der Waals surface area contributed by atoms with Gasteiger partial charge in [-0.2, -0.15) is 0 Å². The molecule has 0 bridgehead atoms. The average molecular weight is 250 g/mol. The highest BCUT2D eigenvalue weighted by Gasteiger charge is 2.15. The SMILES string of the molecule is CCOC(=O)CCNC(=O)[C@@H](N)c1ccccc1. The van der Waals surface area contributed by atoms with Crippen LogP contribution in [0.1, 0.15) is 24.9 Å². The van der Waals surface area contributed by atoms with Gasteiger partial charge in [0.1, 0.15) is 6.04 Å². The largest absolute Gasteiger partial charge is 0.466 e. The predicted octanol–water partition coefficient (Wildman–Crippen LogP) is 0.756. The molecule has 0 aliphatic rings. The normalized spacial score (nSPS) is 11.7. The van der Waals surface area contributed by atoms with E-state index in [1.54, 1.807) is 19.1 Å². The highest BCUT2D eigenvalue weighted by Crippen LogP contribution is 2.08. The zero-order chi connectivity index (χ0) is 13.4. The summed E-state index contributed by atoms with van der Waals surface area (Å²) in [6.07, 6.45) is 0.154. The molecule has 1 amide bonds. The fourth-order valence-corrected chi connectivity index (χ4v) is 1.44. The molecule has 0 aliphatic heterocycles. The predicted molar refractivity (Wildman–Crippen MR) is 67.6 cm³/mol. The number of nitrogens with two attached hydrogens (primary N) is 1. The number of nitrogens with one attached hydrogen (secondary N) is 1. The third-order valence-electron chi connectivity index (χ3n) is 2.37. The molecule has 0 spiro atoms. The van der Waals surface area contributed by atoms with Crippen LogP contribution in [0, 0.1) is 0 Å². The lowest BCUT2D eigenvalue weighted by Gasteiger charge is -2.12. The lowest BCUT2D eigenvalue weighted by molar-refractivity contribution is -0.143. The molecule has 3 N–H and O–H groups in total. The number of hydrogen-bond acceptors (Lipinski definition) is 4. The van der Waals surface area contributed by atoms with E-state index in [0.717, 1.165) is 5.56 Å². The number of esters is 1. The Morgan fingerprint density at radius 3 is 2.61 bits per heavy atom. The van der Waals surface area contributed by atoms with Crippen LogP contribution in [0.2, 0.25) is 0 Å². The number of carbonyl (C=O) groups is 2. The molecule has 0 fully saturated rings. The van der Waals surface area contributed by atoms with Crippen LogP contribution in [0.15, 0.2) is 30.3 Å². The first-order chi connectivity index (χ1) is 8.65. The van der Waals surface area contributed by atoms with Crippen LogP contribution in [0.3, 0.4) is 0 Å². The minimum atomic E-state index is -0.714. The molecule has 0 heterocycles. The molecular formula is C13H18N2O3. The third kappa shape index (κ3) is 4.55. The van der Waals surface area contributed by atoms with Crippen LogP contribution in [0.25, 0.3) is 0 Å². The van der Waals surface area contributed by atoms with Gasteiger partial charge in [0.15, 0.2) is 0 Å². The molecule has 18 heavy (non-hydrogen) atoms. The van der Waals surface area contributed by atoms with Gasteiger partial charge in [-0.1, -0.05) is 30.3 Å². The summed E-state index contributed by atoms with van der Waals surface area (Å²) in [4.78, 5) is 22.8. The first kappa shape index (κ1) is 14.2. The van der Waals surface area contributed by atoms with Crippen LogP contribution in [-0.4, -0.2) is 25.0 Å². The van der Waals surface area contributed by atoms with Gasteiger partial charge >= 0.3 is 5.97 Å². The third-order valence-corrected chi connectivity index (χ3v) is 2.37. The molecule has 0 aromatic heterocycles. The molecule has 1 rings (SSSR count). The highest BCUT2D eigenvalue weighted by molar-refractivity contribution is 5.83. The van der Waals surface area contributed by atoms with Crippen LogP contribution < -0.4 is 11.1 Å². The van der Waals surface area contributed by atoms with Crippen LogP contribution in [0.4, 0.5) is 0 Å². The van der Waals surface area contributed by atoms with Gasteiger partial charge in [-0.3, -0.25) is 9.59 Å². The molecule has 1 aromatic rings. The van der Waals surface area contributed by atoms with Crippen molar-refractivity contribution < 1.29 is 14.3 Å². The van der Waals surface area contributed by atoms with Crippen molar-refractivity contribution >= 4 is 11.9 Å². The lowest BCUT2D eigenvalue weighted by atomic mass is 10.1. The summed E-state index contributed by atoms with van der Waals surface area (Å²) < 4.78 is 4.75. The summed E-state index contributed by atoms with van der Waals surface area (Å²) in [6, 6.07) is 8.36. The number of ether oxygens (including phenoxy) is 1. The fourth-order valence-electron chi connectivity index (χ4n) is 1.44. The second-order valence-corrected chi connectivity index (χ2v) is 3.73. The maximum atomic E-state index is 11.7. The van der Waals surface area contributed by atoms with Gasteiger partial charge in [0.25, 0.3) is 0 Å². The van der Waals surface area contributed by atoms with E-state index in [1.165, 1.54) is 0 Å². The molecule has 5 heteroatoms. The van der Waals surface area contributed by atoms with E-state index in [1.807, 2.05) is 18.2 Å². The Kier molecular flexibility index (Phi) is 5.87. The van der Waals surface area contributed by atoms with E-state index in [2.05, 4.69) is 5.32 Å². The van der Waals surface area contributed by atoms with Gasteiger partial charge in [-0.25, -0.2) is 0 Å². The van der Waals surface area contributed by atoms with Gasteiger partial charge in [0.05, 0.1) is 13.0 Å². The van der Waals surface area contributed by atoms with Crippen LogP contribution >= 0.6 is 0 Å². The van der Waals surface area contributed by atoms with Crippen molar-refractivity contribution in [1.82, 2.24) is 5.32 Å². The Balaban J connectivity index is 2.35. The van der Waals surface area contributed by atoms with Gasteiger partial charge in [-0.05, 0) is 12.5 Å². The highest BCUT2D eigenvalue weighted by atomic mass is 16.5. The van der Waals surface area contributed by atoms with Crippen molar-refractivity contribution in [3.8, 4) is 0 Å². The van der Waals surface area contributed by atoms with Crippen molar-refractivity contribution in [2.24, 2.45) is 5.73 Å². The summed E-state index contributed by atoms with van der Waals surface area (Å²) in [5, 5.41) is 2.61. The van der Waals surface area contributed by atoms with Gasteiger partial charge in [0.2, 0.25) is 5.91 Å². The van der Waals surface area contributed by atoms with Gasteiger partial charge in [-0.15, -0.1) is 0 Å². The second kappa shape index (κ2) is 7.45. The summed E-state index contributed by atoms with van der Waals surface area (Å²) in [6.45, 7) is 2.32. The number of amides is 1. The zero-order valence-corrected chi connectivity index (χ0v) is 10.4. The fraction of sp³-hybridized carbons (Fsp3) is 0.385. The van der Waals surface area contributed by atoms with Gasteiger partial charge < -0.3 is 15.8 Å². The Morgan fingerprint density at radius 1 is 1.33 bits per heavy atom. The maximum absolute atomic E-state index is 11.7. The van der Waals surface area contributed by atoms with E-state index in [-0.39, 0.29) is 24.8 Å². The first-order valence-corrected chi connectivity index (χ1v) is 5.89. The van der Waals surface area contributed by atoms with Crippen molar-refractivity contribution in [3.63, 3.8) is 0 Å². The van der Waals surface area contributed by atoms with Crippen molar-refractivity contribution in [2.75, 3.05) is 13.2 Å². The van der Waals surface area contributed by atoms with E-state index in [0.29, 0.717) is 6.61 Å². The van der Waals surface area contributed by atoms with Crippen LogP contribution in [0.5, 0.6) is 0 Å². The number of hydrogen-bond donors (Lipinski definition) is 2. The van der Waals surface area contributed by atoms with E-state index < -0.39 is 6.04 Å². The molecule has 1 atom stereocenters. The summed E-state index contributed by atoms with van der Waals surface area (Å²) >= 11 is 0.